The number of hydrogen-bond acceptors (Lipinski definition) is 4. The lowest BCUT2D eigenvalue weighted by Gasteiger charge is -2.09. The molecule has 0 N–H and O–H groups in total. The van der Waals surface area contributed by atoms with E-state index in [0.29, 0.717) is 11.3 Å². The Labute approximate surface area is 142 Å². The molecule has 5 rings (SSSR count). The van der Waals surface area contributed by atoms with E-state index >= 15 is 0 Å². The summed E-state index contributed by atoms with van der Waals surface area (Å²) in [4.78, 5) is 12.8. The largest absolute Gasteiger partial charge is 0.420 e. The van der Waals surface area contributed by atoms with Crippen molar-refractivity contribution in [2.75, 3.05) is 0 Å². The van der Waals surface area contributed by atoms with Crippen LogP contribution in [0.25, 0.3) is 38.5 Å². The minimum Gasteiger partial charge on any atom is -0.420 e. The van der Waals surface area contributed by atoms with Gasteiger partial charge in [0, 0.05) is 10.8 Å². The van der Waals surface area contributed by atoms with Gasteiger partial charge in [-0.05, 0) is 30.0 Å². The van der Waals surface area contributed by atoms with Crippen molar-refractivity contribution < 1.29 is 4.42 Å². The van der Waals surface area contributed by atoms with E-state index in [4.69, 9.17) is 4.42 Å². The van der Waals surface area contributed by atoms with Crippen molar-refractivity contribution >= 4 is 32.8 Å². The normalized spacial score (nSPS) is 11.6. The highest BCUT2D eigenvalue weighted by Crippen LogP contribution is 2.29. The van der Waals surface area contributed by atoms with Crippen molar-refractivity contribution in [2.24, 2.45) is 0 Å². The van der Waals surface area contributed by atoms with Crippen molar-refractivity contribution in [3.8, 4) is 5.69 Å². The van der Waals surface area contributed by atoms with Crippen LogP contribution in [0.5, 0.6) is 0 Å². The lowest BCUT2D eigenvalue weighted by molar-refractivity contribution is 0.553. The third-order valence-corrected chi connectivity index (χ3v) is 4.59. The smallest absolute Gasteiger partial charge is 0.362 e. The predicted molar refractivity (Wildman–Crippen MR) is 97.2 cm³/mol. The van der Waals surface area contributed by atoms with Crippen molar-refractivity contribution in [1.82, 2.24) is 15.0 Å². The van der Waals surface area contributed by atoms with Crippen LogP contribution in [0.2, 0.25) is 0 Å². The van der Waals surface area contributed by atoms with Gasteiger partial charge in [-0.3, -0.25) is 0 Å². The molecule has 0 saturated heterocycles. The average Bonchev–Trinajstić information content (AvgIpc) is 3.06. The first-order valence-electron chi connectivity index (χ1n) is 8.00. The lowest BCUT2D eigenvalue weighted by Crippen LogP contribution is -2.14. The van der Waals surface area contributed by atoms with Gasteiger partial charge < -0.3 is 4.42 Å². The van der Waals surface area contributed by atoms with Crippen molar-refractivity contribution in [3.05, 3.63) is 76.6 Å². The minimum absolute atomic E-state index is 0.400. The van der Waals surface area contributed by atoms with Gasteiger partial charge >= 0.3 is 5.63 Å². The second-order valence-electron chi connectivity index (χ2n) is 6.02. The van der Waals surface area contributed by atoms with Crippen LogP contribution in [-0.4, -0.2) is 15.0 Å². The van der Waals surface area contributed by atoms with E-state index in [2.05, 4.69) is 10.3 Å². The molecular weight excluding hydrogens is 314 g/mol. The van der Waals surface area contributed by atoms with Crippen LogP contribution in [0.15, 0.2) is 69.9 Å². The van der Waals surface area contributed by atoms with Gasteiger partial charge in [-0.2, -0.15) is 0 Å². The lowest BCUT2D eigenvalue weighted by atomic mass is 10.0. The van der Waals surface area contributed by atoms with Crippen LogP contribution < -0.4 is 5.63 Å². The van der Waals surface area contributed by atoms with Gasteiger partial charge in [-0.1, -0.05) is 53.7 Å². The van der Waals surface area contributed by atoms with Crippen LogP contribution in [0.3, 0.4) is 0 Å². The van der Waals surface area contributed by atoms with Gasteiger partial charge in [-0.25, -0.2) is 9.48 Å². The molecule has 3 aromatic carbocycles. The molecular formula is C20H13N3O2. The van der Waals surface area contributed by atoms with Gasteiger partial charge in [0.1, 0.15) is 11.1 Å². The molecule has 0 spiro atoms. The van der Waals surface area contributed by atoms with Gasteiger partial charge in [-0.15, -0.1) is 5.10 Å². The SMILES string of the molecule is Cc1c(-n2nnc3ccccc32)c(=O)oc2c1ccc1ccccc12. The first kappa shape index (κ1) is 13.9. The molecule has 0 fully saturated rings. The number of hydrogen-bond donors (Lipinski definition) is 0. The zero-order chi connectivity index (χ0) is 17.0. The van der Waals surface area contributed by atoms with Gasteiger partial charge in [0.2, 0.25) is 0 Å². The number of fused-ring (bicyclic) bond motifs is 4. The Kier molecular flexibility index (Phi) is 2.79. The number of aromatic nitrogens is 3. The summed E-state index contributed by atoms with van der Waals surface area (Å²) in [5.74, 6) is 0. The Morgan fingerprint density at radius 3 is 2.64 bits per heavy atom. The summed E-state index contributed by atoms with van der Waals surface area (Å²) in [5, 5.41) is 11.2. The molecule has 5 heteroatoms. The van der Waals surface area contributed by atoms with E-state index in [1.54, 1.807) is 4.68 Å². The molecule has 0 radical (unpaired) electrons. The Morgan fingerprint density at radius 2 is 1.72 bits per heavy atom. The summed E-state index contributed by atoms with van der Waals surface area (Å²) in [6.45, 7) is 1.92. The molecule has 0 aliphatic rings. The molecule has 0 unspecified atom stereocenters. The van der Waals surface area contributed by atoms with Gasteiger partial charge in [0.15, 0.2) is 5.69 Å². The van der Waals surface area contributed by atoms with Crippen molar-refractivity contribution in [2.45, 2.75) is 6.92 Å². The quantitative estimate of drug-likeness (QED) is 0.345. The summed E-state index contributed by atoms with van der Waals surface area (Å²) < 4.78 is 7.28. The molecule has 5 nitrogen and oxygen atoms in total. The molecule has 0 atom stereocenters. The second kappa shape index (κ2) is 5.01. The first-order valence-corrected chi connectivity index (χ1v) is 8.00. The van der Waals surface area contributed by atoms with Crippen LogP contribution >= 0.6 is 0 Å². The van der Waals surface area contributed by atoms with Crippen LogP contribution in [0, 0.1) is 6.92 Å². The zero-order valence-electron chi connectivity index (χ0n) is 13.4. The molecule has 2 heterocycles. The van der Waals surface area contributed by atoms with E-state index in [1.165, 1.54) is 0 Å². The van der Waals surface area contributed by atoms with Gasteiger partial charge in [0.05, 0.1) is 5.52 Å². The van der Waals surface area contributed by atoms with E-state index in [9.17, 15) is 4.79 Å². The molecule has 25 heavy (non-hydrogen) atoms. The number of aryl methyl sites for hydroxylation is 1. The number of benzene rings is 3. The molecule has 0 amide bonds. The molecule has 120 valence electrons. The van der Waals surface area contributed by atoms with E-state index in [-0.39, 0.29) is 0 Å². The highest BCUT2D eigenvalue weighted by atomic mass is 16.4. The van der Waals surface area contributed by atoms with E-state index in [0.717, 1.165) is 32.8 Å². The maximum Gasteiger partial charge on any atom is 0.362 e. The van der Waals surface area contributed by atoms with E-state index in [1.807, 2.05) is 67.6 Å². The third-order valence-electron chi connectivity index (χ3n) is 4.59. The minimum atomic E-state index is -0.419. The predicted octanol–water partition coefficient (Wildman–Crippen LogP) is 3.99. The van der Waals surface area contributed by atoms with E-state index < -0.39 is 5.63 Å². The Bertz CT molecular complexity index is 1330. The molecule has 0 aliphatic carbocycles. The molecule has 0 bridgehead atoms. The zero-order valence-corrected chi connectivity index (χ0v) is 13.4. The second-order valence-corrected chi connectivity index (χ2v) is 6.02. The first-order chi connectivity index (χ1) is 12.2. The fraction of sp³-hybridized carbons (Fsp3) is 0.0500. The summed E-state index contributed by atoms with van der Waals surface area (Å²) in [7, 11) is 0. The highest BCUT2D eigenvalue weighted by molar-refractivity contribution is 6.05. The van der Waals surface area contributed by atoms with Gasteiger partial charge in [0.25, 0.3) is 0 Å². The van der Waals surface area contributed by atoms with Crippen molar-refractivity contribution in [3.63, 3.8) is 0 Å². The van der Waals surface area contributed by atoms with Crippen LogP contribution in [-0.2, 0) is 0 Å². The third kappa shape index (κ3) is 1.92. The summed E-state index contributed by atoms with van der Waals surface area (Å²) in [6, 6.07) is 19.4. The molecule has 0 aliphatic heterocycles. The Morgan fingerprint density at radius 1 is 0.920 bits per heavy atom. The Balaban J connectivity index is 1.92. The fourth-order valence-electron chi connectivity index (χ4n) is 3.35. The molecule has 2 aromatic heterocycles. The fourth-order valence-corrected chi connectivity index (χ4v) is 3.35. The summed E-state index contributed by atoms with van der Waals surface area (Å²) in [5.41, 5.74) is 2.92. The molecule has 5 aromatic rings. The summed E-state index contributed by atoms with van der Waals surface area (Å²) in [6.07, 6.45) is 0. The number of para-hydroxylation sites is 1. The maximum absolute atomic E-state index is 12.8. The monoisotopic (exact) mass is 327 g/mol. The highest BCUT2D eigenvalue weighted by Gasteiger charge is 2.17. The number of rotatable bonds is 1. The summed E-state index contributed by atoms with van der Waals surface area (Å²) >= 11 is 0. The number of nitrogens with zero attached hydrogens (tertiary/aromatic N) is 3. The topological polar surface area (TPSA) is 60.9 Å². The Hall–Kier alpha value is -3.47. The molecule has 0 saturated carbocycles. The standard InChI is InChI=1S/C20H13N3O2/c1-12-14-11-10-13-6-2-3-7-15(13)19(14)25-20(24)18(12)23-17-9-5-4-8-16(17)21-22-23/h2-11H,1H3. The maximum atomic E-state index is 12.8. The van der Waals surface area contributed by atoms with Crippen LogP contribution in [0.4, 0.5) is 0 Å². The average molecular weight is 327 g/mol. The van der Waals surface area contributed by atoms with Crippen molar-refractivity contribution in [1.29, 1.82) is 0 Å². The van der Waals surface area contributed by atoms with Crippen LogP contribution in [0.1, 0.15) is 5.56 Å².